The first kappa shape index (κ1) is 16.4. The van der Waals surface area contributed by atoms with E-state index in [0.29, 0.717) is 33.0 Å². The lowest BCUT2D eigenvalue weighted by Crippen LogP contribution is -2.30. The fourth-order valence-corrected chi connectivity index (χ4v) is 1.30. The highest BCUT2D eigenvalue weighted by molar-refractivity contribution is 4.98. The van der Waals surface area contributed by atoms with Crippen LogP contribution in [-0.4, -0.2) is 52.7 Å². The molecule has 0 spiro atoms. The molecule has 0 aromatic heterocycles. The van der Waals surface area contributed by atoms with Crippen LogP contribution in [0.1, 0.15) is 19.8 Å². The zero-order chi connectivity index (χ0) is 12.8. The minimum absolute atomic E-state index is 0.168. The molecule has 0 saturated heterocycles. The summed E-state index contributed by atoms with van der Waals surface area (Å²) < 4.78 is 15.5. The van der Waals surface area contributed by atoms with Crippen molar-refractivity contribution in [2.24, 2.45) is 0 Å². The fraction of sp³-hybridized carbons (Fsp3) is 0.846. The van der Waals surface area contributed by atoms with Gasteiger partial charge in [-0.2, -0.15) is 0 Å². The molecular weight excluding hydrogens is 218 g/mol. The highest BCUT2D eigenvalue weighted by Gasteiger charge is 2.00. The van der Waals surface area contributed by atoms with Crippen molar-refractivity contribution in [3.63, 3.8) is 0 Å². The van der Waals surface area contributed by atoms with E-state index < -0.39 is 0 Å². The Morgan fingerprint density at radius 2 is 1.76 bits per heavy atom. The van der Waals surface area contributed by atoms with E-state index in [2.05, 4.69) is 18.2 Å². The fourth-order valence-electron chi connectivity index (χ4n) is 1.30. The molecule has 0 bridgehead atoms. The zero-order valence-electron chi connectivity index (χ0n) is 11.0. The highest BCUT2D eigenvalue weighted by Crippen LogP contribution is 1.93. The van der Waals surface area contributed by atoms with Gasteiger partial charge in [-0.15, -0.1) is 6.42 Å². The van der Waals surface area contributed by atoms with E-state index in [1.54, 1.807) is 7.11 Å². The molecule has 0 amide bonds. The first-order chi connectivity index (χ1) is 8.35. The quantitative estimate of drug-likeness (QED) is 0.411. The van der Waals surface area contributed by atoms with Crippen molar-refractivity contribution in [1.82, 2.24) is 5.32 Å². The van der Waals surface area contributed by atoms with Crippen LogP contribution in [0, 0.1) is 12.3 Å². The summed E-state index contributed by atoms with van der Waals surface area (Å²) in [5.41, 5.74) is 0. The Kier molecular flexibility index (Phi) is 13.0. The molecule has 0 rings (SSSR count). The standard InChI is InChI=1S/C13H25NO3/c1-4-6-13(5-2)14-7-8-16-11-12-17-10-9-15-3/h2,13-14H,4,6-12H2,1,3H3. The third-order valence-corrected chi connectivity index (χ3v) is 2.22. The number of nitrogens with one attached hydrogen (secondary N) is 1. The number of hydrogen-bond donors (Lipinski definition) is 1. The van der Waals surface area contributed by atoms with Crippen LogP contribution >= 0.6 is 0 Å². The van der Waals surface area contributed by atoms with E-state index in [1.807, 2.05) is 0 Å². The molecule has 1 unspecified atom stereocenters. The minimum atomic E-state index is 0.168. The Morgan fingerprint density at radius 3 is 2.35 bits per heavy atom. The maximum Gasteiger partial charge on any atom is 0.0701 e. The predicted molar refractivity (Wildman–Crippen MR) is 69.0 cm³/mol. The van der Waals surface area contributed by atoms with Crippen molar-refractivity contribution in [3.8, 4) is 12.3 Å². The molecule has 0 fully saturated rings. The molecule has 100 valence electrons. The molecule has 0 radical (unpaired) electrons. The molecule has 0 aliphatic heterocycles. The van der Waals surface area contributed by atoms with Crippen LogP contribution < -0.4 is 5.32 Å². The van der Waals surface area contributed by atoms with Crippen molar-refractivity contribution in [2.45, 2.75) is 25.8 Å². The second kappa shape index (κ2) is 13.5. The predicted octanol–water partition coefficient (Wildman–Crippen LogP) is 1.06. The highest BCUT2D eigenvalue weighted by atomic mass is 16.5. The van der Waals surface area contributed by atoms with Gasteiger partial charge in [0.1, 0.15) is 0 Å². The smallest absolute Gasteiger partial charge is 0.0701 e. The lowest BCUT2D eigenvalue weighted by Gasteiger charge is -2.11. The van der Waals surface area contributed by atoms with E-state index in [1.165, 1.54) is 0 Å². The largest absolute Gasteiger partial charge is 0.382 e. The SMILES string of the molecule is C#CC(CCC)NCCOCCOCCOC. The van der Waals surface area contributed by atoms with Crippen LogP contribution in [-0.2, 0) is 14.2 Å². The van der Waals surface area contributed by atoms with Gasteiger partial charge >= 0.3 is 0 Å². The number of methoxy groups -OCH3 is 1. The summed E-state index contributed by atoms with van der Waals surface area (Å²) >= 11 is 0. The molecule has 0 heterocycles. The van der Waals surface area contributed by atoms with Crippen molar-refractivity contribution in [1.29, 1.82) is 0 Å². The summed E-state index contributed by atoms with van der Waals surface area (Å²) in [5.74, 6) is 2.72. The maximum atomic E-state index is 5.39. The lowest BCUT2D eigenvalue weighted by molar-refractivity contribution is 0.0254. The molecule has 1 N–H and O–H groups in total. The van der Waals surface area contributed by atoms with Gasteiger partial charge in [0.25, 0.3) is 0 Å². The van der Waals surface area contributed by atoms with Crippen LogP contribution in [0.2, 0.25) is 0 Å². The van der Waals surface area contributed by atoms with E-state index in [4.69, 9.17) is 20.6 Å². The topological polar surface area (TPSA) is 39.7 Å². The normalized spacial score (nSPS) is 12.3. The van der Waals surface area contributed by atoms with Gasteiger partial charge in [0.2, 0.25) is 0 Å². The lowest BCUT2D eigenvalue weighted by atomic mass is 10.2. The van der Waals surface area contributed by atoms with E-state index in [9.17, 15) is 0 Å². The van der Waals surface area contributed by atoms with Gasteiger partial charge in [-0.25, -0.2) is 0 Å². The van der Waals surface area contributed by atoms with Gasteiger partial charge in [0.05, 0.1) is 39.1 Å². The van der Waals surface area contributed by atoms with Crippen molar-refractivity contribution in [2.75, 3.05) is 46.7 Å². The Bertz CT molecular complexity index is 192. The van der Waals surface area contributed by atoms with Gasteiger partial charge in [-0.3, -0.25) is 0 Å². The summed E-state index contributed by atoms with van der Waals surface area (Å²) in [7, 11) is 1.66. The summed E-state index contributed by atoms with van der Waals surface area (Å²) in [6.45, 7) is 6.04. The van der Waals surface area contributed by atoms with Crippen molar-refractivity contribution in [3.05, 3.63) is 0 Å². The van der Waals surface area contributed by atoms with Gasteiger partial charge in [0.15, 0.2) is 0 Å². The van der Waals surface area contributed by atoms with Crippen LogP contribution in [0.15, 0.2) is 0 Å². The van der Waals surface area contributed by atoms with Crippen LogP contribution in [0.25, 0.3) is 0 Å². The molecule has 4 heteroatoms. The first-order valence-corrected chi connectivity index (χ1v) is 6.19. The van der Waals surface area contributed by atoms with E-state index in [0.717, 1.165) is 19.4 Å². The number of ether oxygens (including phenoxy) is 3. The third-order valence-electron chi connectivity index (χ3n) is 2.22. The Hall–Kier alpha value is -0.600. The molecular formula is C13H25NO3. The molecule has 0 aliphatic rings. The van der Waals surface area contributed by atoms with Gasteiger partial charge in [-0.1, -0.05) is 19.3 Å². The van der Waals surface area contributed by atoms with Crippen molar-refractivity contribution < 1.29 is 14.2 Å². The minimum Gasteiger partial charge on any atom is -0.382 e. The average molecular weight is 243 g/mol. The average Bonchev–Trinajstić information content (AvgIpc) is 2.35. The van der Waals surface area contributed by atoms with E-state index in [-0.39, 0.29) is 6.04 Å². The number of hydrogen-bond acceptors (Lipinski definition) is 4. The Morgan fingerprint density at radius 1 is 1.12 bits per heavy atom. The second-order valence-corrected chi connectivity index (χ2v) is 3.68. The summed E-state index contributed by atoms with van der Waals surface area (Å²) in [5, 5.41) is 3.26. The summed E-state index contributed by atoms with van der Waals surface area (Å²) in [4.78, 5) is 0. The van der Waals surface area contributed by atoms with E-state index >= 15 is 0 Å². The first-order valence-electron chi connectivity index (χ1n) is 6.19. The van der Waals surface area contributed by atoms with Crippen LogP contribution in [0.5, 0.6) is 0 Å². The van der Waals surface area contributed by atoms with Gasteiger partial charge in [0, 0.05) is 13.7 Å². The van der Waals surface area contributed by atoms with Gasteiger partial charge < -0.3 is 19.5 Å². The Labute approximate surface area is 105 Å². The second-order valence-electron chi connectivity index (χ2n) is 3.68. The summed E-state index contributed by atoms with van der Waals surface area (Å²) in [6, 6.07) is 0.168. The maximum absolute atomic E-state index is 5.39. The van der Waals surface area contributed by atoms with Crippen molar-refractivity contribution >= 4 is 0 Å². The molecule has 0 aliphatic carbocycles. The Balaban J connectivity index is 3.15. The van der Waals surface area contributed by atoms with Gasteiger partial charge in [-0.05, 0) is 6.42 Å². The monoisotopic (exact) mass is 243 g/mol. The number of rotatable bonds is 12. The molecule has 0 aromatic carbocycles. The molecule has 17 heavy (non-hydrogen) atoms. The van der Waals surface area contributed by atoms with Crippen LogP contribution in [0.3, 0.4) is 0 Å². The molecule has 1 atom stereocenters. The molecule has 0 aromatic rings. The molecule has 4 nitrogen and oxygen atoms in total. The molecule has 0 saturated carbocycles. The number of terminal acetylenes is 1. The zero-order valence-corrected chi connectivity index (χ0v) is 11.0. The van der Waals surface area contributed by atoms with Crippen LogP contribution in [0.4, 0.5) is 0 Å². The third kappa shape index (κ3) is 11.7. The summed E-state index contributed by atoms with van der Waals surface area (Å²) in [6.07, 6.45) is 7.49.